The molecule has 0 bridgehead atoms. The van der Waals surface area contributed by atoms with E-state index in [0.717, 1.165) is 44.3 Å². The molecule has 0 saturated carbocycles. The van der Waals surface area contributed by atoms with E-state index in [-0.39, 0.29) is 0 Å². The van der Waals surface area contributed by atoms with Gasteiger partial charge in [-0.1, -0.05) is 0 Å². The number of aromatic nitrogens is 4. The molecule has 0 spiro atoms. The van der Waals surface area contributed by atoms with Crippen LogP contribution in [-0.2, 0) is 0 Å². The van der Waals surface area contributed by atoms with Gasteiger partial charge in [-0.15, -0.1) is 0 Å². The van der Waals surface area contributed by atoms with Gasteiger partial charge < -0.3 is 0 Å². The van der Waals surface area contributed by atoms with Gasteiger partial charge in [0.05, 0.1) is 22.4 Å². The summed E-state index contributed by atoms with van der Waals surface area (Å²) in [6.07, 6.45) is 7.14. The van der Waals surface area contributed by atoms with Crippen LogP contribution in [0.3, 0.4) is 0 Å². The molecule has 1 aromatic carbocycles. The van der Waals surface area contributed by atoms with Crippen molar-refractivity contribution in [2.75, 3.05) is 0 Å². The van der Waals surface area contributed by atoms with E-state index in [4.69, 9.17) is 9.97 Å². The Morgan fingerprint density at radius 2 is 0.846 bits per heavy atom. The van der Waals surface area contributed by atoms with Gasteiger partial charge in [-0.3, -0.25) is 9.97 Å². The van der Waals surface area contributed by atoms with E-state index in [1.165, 1.54) is 0 Å². The largest absolute Gasteiger partial charge is 0.265 e. The van der Waals surface area contributed by atoms with Gasteiger partial charge in [-0.2, -0.15) is 0 Å². The quantitative estimate of drug-likeness (QED) is 0.431. The standard InChI is InChI=1S/C22H14N4/c1-3-19(15-7-11-23-12-8-15)25-21-5-6-22-18(17(1)21)2-4-20(26-22)16-9-13-24-14-10-16/h1-14H. The highest BCUT2D eigenvalue weighted by molar-refractivity contribution is 6.05. The maximum atomic E-state index is 4.81. The molecule has 4 heteroatoms. The molecule has 0 aliphatic carbocycles. The van der Waals surface area contributed by atoms with Crippen molar-refractivity contribution in [1.82, 2.24) is 19.9 Å². The summed E-state index contributed by atoms with van der Waals surface area (Å²) in [4.78, 5) is 17.8. The zero-order valence-corrected chi connectivity index (χ0v) is 13.9. The number of hydrogen-bond acceptors (Lipinski definition) is 4. The molecule has 0 N–H and O–H groups in total. The molecule has 0 aliphatic heterocycles. The molecular weight excluding hydrogens is 320 g/mol. The lowest BCUT2D eigenvalue weighted by atomic mass is 10.1. The summed E-state index contributed by atoms with van der Waals surface area (Å²) in [6.45, 7) is 0. The van der Waals surface area contributed by atoms with E-state index >= 15 is 0 Å². The van der Waals surface area contributed by atoms with Crippen molar-refractivity contribution in [1.29, 1.82) is 0 Å². The minimum Gasteiger partial charge on any atom is -0.265 e. The third-order valence-corrected chi connectivity index (χ3v) is 4.49. The second kappa shape index (κ2) is 6.01. The SMILES string of the molecule is c1cc(-c2ccc3c(ccc4nc(-c5ccncc5)ccc43)n2)ccn1. The molecule has 0 fully saturated rings. The van der Waals surface area contributed by atoms with Crippen molar-refractivity contribution < 1.29 is 0 Å². The van der Waals surface area contributed by atoms with Crippen LogP contribution < -0.4 is 0 Å². The van der Waals surface area contributed by atoms with Crippen LogP contribution in [0.25, 0.3) is 44.3 Å². The predicted octanol–water partition coefficient (Wildman–Crippen LogP) is 4.91. The first kappa shape index (κ1) is 14.7. The smallest absolute Gasteiger partial charge is 0.0717 e. The molecule has 0 atom stereocenters. The predicted molar refractivity (Wildman–Crippen MR) is 104 cm³/mol. The normalized spacial score (nSPS) is 11.1. The summed E-state index contributed by atoms with van der Waals surface area (Å²) in [5, 5.41) is 2.21. The van der Waals surface area contributed by atoms with Gasteiger partial charge in [0.1, 0.15) is 0 Å². The summed E-state index contributed by atoms with van der Waals surface area (Å²) < 4.78 is 0. The Kier molecular flexibility index (Phi) is 3.39. The molecule has 0 unspecified atom stereocenters. The molecule has 4 heterocycles. The van der Waals surface area contributed by atoms with E-state index < -0.39 is 0 Å². The van der Waals surface area contributed by atoms with Crippen LogP contribution >= 0.6 is 0 Å². The zero-order chi connectivity index (χ0) is 17.3. The van der Waals surface area contributed by atoms with Crippen LogP contribution in [0.15, 0.2) is 85.5 Å². The highest BCUT2D eigenvalue weighted by atomic mass is 14.7. The second-order valence-corrected chi connectivity index (χ2v) is 6.06. The van der Waals surface area contributed by atoms with Crippen molar-refractivity contribution in [3.63, 3.8) is 0 Å². The van der Waals surface area contributed by atoms with Gasteiger partial charge in [0, 0.05) is 46.7 Å². The summed E-state index contributed by atoms with van der Waals surface area (Å²) >= 11 is 0. The topological polar surface area (TPSA) is 51.6 Å². The Morgan fingerprint density at radius 1 is 0.423 bits per heavy atom. The number of benzene rings is 1. The van der Waals surface area contributed by atoms with Crippen LogP contribution in [0.2, 0.25) is 0 Å². The fraction of sp³-hybridized carbons (Fsp3) is 0. The molecule has 4 aromatic heterocycles. The number of rotatable bonds is 2. The number of hydrogen-bond donors (Lipinski definition) is 0. The third kappa shape index (κ3) is 2.48. The molecular formula is C22H14N4. The van der Waals surface area contributed by atoms with Gasteiger partial charge in [0.2, 0.25) is 0 Å². The number of pyridine rings is 4. The lowest BCUT2D eigenvalue weighted by molar-refractivity contribution is 1.31. The van der Waals surface area contributed by atoms with Crippen LogP contribution in [0.5, 0.6) is 0 Å². The van der Waals surface area contributed by atoms with Crippen molar-refractivity contribution >= 4 is 21.8 Å². The zero-order valence-electron chi connectivity index (χ0n) is 13.9. The average Bonchev–Trinajstić information content (AvgIpc) is 2.74. The lowest BCUT2D eigenvalue weighted by Crippen LogP contribution is -1.89. The van der Waals surface area contributed by atoms with Crippen molar-refractivity contribution in [2.24, 2.45) is 0 Å². The van der Waals surface area contributed by atoms with E-state index in [1.54, 1.807) is 24.8 Å². The summed E-state index contributed by atoms with van der Waals surface area (Å²) in [7, 11) is 0. The second-order valence-electron chi connectivity index (χ2n) is 6.06. The Balaban J connectivity index is 1.66. The molecule has 5 rings (SSSR count). The highest BCUT2D eigenvalue weighted by Crippen LogP contribution is 2.28. The average molecular weight is 334 g/mol. The molecule has 5 aromatic rings. The first-order valence-electron chi connectivity index (χ1n) is 8.40. The molecule has 0 radical (unpaired) electrons. The van der Waals surface area contributed by atoms with Crippen LogP contribution in [0.4, 0.5) is 0 Å². The Labute approximate surface area is 150 Å². The maximum Gasteiger partial charge on any atom is 0.0717 e. The first-order chi connectivity index (χ1) is 12.9. The fourth-order valence-corrected chi connectivity index (χ4v) is 3.18. The van der Waals surface area contributed by atoms with Gasteiger partial charge in [-0.05, 0) is 60.7 Å². The van der Waals surface area contributed by atoms with E-state index in [2.05, 4.69) is 22.1 Å². The van der Waals surface area contributed by atoms with Crippen LogP contribution in [-0.4, -0.2) is 19.9 Å². The summed E-state index contributed by atoms with van der Waals surface area (Å²) in [5.74, 6) is 0. The molecule has 122 valence electrons. The first-order valence-corrected chi connectivity index (χ1v) is 8.40. The summed E-state index contributed by atoms with van der Waals surface area (Å²) in [6, 6.07) is 20.3. The van der Waals surface area contributed by atoms with E-state index in [0.29, 0.717) is 0 Å². The minimum atomic E-state index is 0.945. The molecule has 0 amide bonds. The fourth-order valence-electron chi connectivity index (χ4n) is 3.18. The highest BCUT2D eigenvalue weighted by Gasteiger charge is 2.07. The Morgan fingerprint density at radius 3 is 1.27 bits per heavy atom. The van der Waals surface area contributed by atoms with Crippen molar-refractivity contribution in [3.8, 4) is 22.5 Å². The van der Waals surface area contributed by atoms with Crippen LogP contribution in [0, 0.1) is 0 Å². The third-order valence-electron chi connectivity index (χ3n) is 4.49. The maximum absolute atomic E-state index is 4.81. The summed E-state index contributed by atoms with van der Waals surface area (Å²) in [5.41, 5.74) is 5.94. The number of fused-ring (bicyclic) bond motifs is 3. The van der Waals surface area contributed by atoms with Gasteiger partial charge in [0.25, 0.3) is 0 Å². The van der Waals surface area contributed by atoms with Crippen molar-refractivity contribution in [3.05, 3.63) is 85.5 Å². The molecule has 4 nitrogen and oxygen atoms in total. The lowest BCUT2D eigenvalue weighted by Gasteiger charge is -2.07. The monoisotopic (exact) mass is 334 g/mol. The van der Waals surface area contributed by atoms with E-state index in [9.17, 15) is 0 Å². The number of nitrogens with zero attached hydrogens (tertiary/aromatic N) is 4. The molecule has 0 aliphatic rings. The molecule has 0 saturated heterocycles. The van der Waals surface area contributed by atoms with Crippen molar-refractivity contribution in [2.45, 2.75) is 0 Å². The van der Waals surface area contributed by atoms with Gasteiger partial charge >= 0.3 is 0 Å². The Hall–Kier alpha value is -3.66. The van der Waals surface area contributed by atoms with E-state index in [1.807, 2.05) is 48.5 Å². The Bertz CT molecular complexity index is 1120. The minimum absolute atomic E-state index is 0.945. The van der Waals surface area contributed by atoms with Crippen LogP contribution in [0.1, 0.15) is 0 Å². The van der Waals surface area contributed by atoms with Gasteiger partial charge in [0.15, 0.2) is 0 Å². The van der Waals surface area contributed by atoms with Gasteiger partial charge in [-0.25, -0.2) is 9.97 Å². The molecule has 26 heavy (non-hydrogen) atoms.